The van der Waals surface area contributed by atoms with E-state index in [0.29, 0.717) is 22.5 Å². The zero-order valence-corrected chi connectivity index (χ0v) is 11.7. The Bertz CT molecular complexity index is 744. The Balaban J connectivity index is 2.04. The van der Waals surface area contributed by atoms with Gasteiger partial charge in [-0.1, -0.05) is 18.0 Å². The molecule has 0 spiro atoms. The van der Waals surface area contributed by atoms with Crippen molar-refractivity contribution < 1.29 is 0 Å². The molecule has 1 unspecified atom stereocenters. The summed E-state index contributed by atoms with van der Waals surface area (Å²) in [4.78, 5) is 27.2. The summed E-state index contributed by atoms with van der Waals surface area (Å²) in [7, 11) is 0. The van der Waals surface area contributed by atoms with Gasteiger partial charge in [-0.05, 0) is 37.6 Å². The smallest absolute Gasteiger partial charge is 0.312 e. The average Bonchev–Trinajstić information content (AvgIpc) is 2.44. The molecule has 0 aliphatic carbocycles. The van der Waals surface area contributed by atoms with E-state index in [1.807, 2.05) is 0 Å². The Hall–Kier alpha value is -1.59. The van der Waals surface area contributed by atoms with Crippen LogP contribution in [-0.2, 0) is 6.54 Å². The number of halogens is 1. The van der Waals surface area contributed by atoms with Gasteiger partial charge in [0.25, 0.3) is 5.56 Å². The zero-order chi connectivity index (χ0) is 14.1. The minimum atomic E-state index is -0.378. The average molecular weight is 294 g/mol. The van der Waals surface area contributed by atoms with Crippen LogP contribution in [0.5, 0.6) is 0 Å². The second kappa shape index (κ2) is 5.42. The van der Waals surface area contributed by atoms with Crippen molar-refractivity contribution in [3.63, 3.8) is 0 Å². The number of nitrogens with zero attached hydrogens (tertiary/aromatic N) is 1. The molecule has 0 saturated carbocycles. The summed E-state index contributed by atoms with van der Waals surface area (Å²) in [6, 6.07) is 5.10. The molecular formula is C14H16ClN3O2. The number of H-pyrrole nitrogens is 1. The van der Waals surface area contributed by atoms with Crippen LogP contribution in [-0.4, -0.2) is 22.1 Å². The molecule has 3 rings (SSSR count). The molecule has 2 heterocycles. The first-order chi connectivity index (χ1) is 9.65. The van der Waals surface area contributed by atoms with Crippen LogP contribution in [0, 0.1) is 0 Å². The lowest BCUT2D eigenvalue weighted by atomic mass is 10.1. The maximum Gasteiger partial charge on any atom is 0.328 e. The van der Waals surface area contributed by atoms with Crippen LogP contribution in [0.4, 0.5) is 0 Å². The number of rotatable bonds is 2. The molecule has 5 nitrogen and oxygen atoms in total. The molecule has 0 amide bonds. The largest absolute Gasteiger partial charge is 0.328 e. The van der Waals surface area contributed by atoms with Crippen LogP contribution in [0.1, 0.15) is 19.3 Å². The third-order valence-electron chi connectivity index (χ3n) is 3.76. The van der Waals surface area contributed by atoms with Crippen molar-refractivity contribution in [3.8, 4) is 0 Å². The van der Waals surface area contributed by atoms with Crippen molar-refractivity contribution in [2.75, 3.05) is 6.54 Å². The molecule has 20 heavy (non-hydrogen) atoms. The Labute approximate surface area is 120 Å². The van der Waals surface area contributed by atoms with Crippen molar-refractivity contribution in [1.82, 2.24) is 14.9 Å². The molecule has 1 saturated heterocycles. The number of hydrogen-bond donors (Lipinski definition) is 2. The van der Waals surface area contributed by atoms with E-state index < -0.39 is 0 Å². The summed E-state index contributed by atoms with van der Waals surface area (Å²) >= 11 is 5.88. The minimum absolute atomic E-state index is 0.187. The molecule has 2 aromatic rings. The van der Waals surface area contributed by atoms with Gasteiger partial charge < -0.3 is 10.3 Å². The summed E-state index contributed by atoms with van der Waals surface area (Å²) in [5.41, 5.74) is -0.148. The lowest BCUT2D eigenvalue weighted by Gasteiger charge is -2.23. The number of benzene rings is 1. The summed E-state index contributed by atoms with van der Waals surface area (Å²) < 4.78 is 1.28. The molecule has 2 N–H and O–H groups in total. The Kier molecular flexibility index (Phi) is 3.63. The second-order valence-corrected chi connectivity index (χ2v) is 5.62. The van der Waals surface area contributed by atoms with Gasteiger partial charge in [0.2, 0.25) is 0 Å². The maximum absolute atomic E-state index is 12.4. The van der Waals surface area contributed by atoms with E-state index in [1.165, 1.54) is 4.57 Å². The van der Waals surface area contributed by atoms with Crippen molar-refractivity contribution >= 4 is 22.5 Å². The topological polar surface area (TPSA) is 66.9 Å². The quantitative estimate of drug-likeness (QED) is 0.881. The standard InChI is InChI=1S/C14H16ClN3O2/c15-9-4-5-11-12(7-9)17-14(20)18(13(11)19)8-10-3-1-2-6-16-10/h4-5,7,10,16H,1-3,6,8H2,(H,17,20). The van der Waals surface area contributed by atoms with E-state index in [4.69, 9.17) is 11.6 Å². The van der Waals surface area contributed by atoms with Gasteiger partial charge in [-0.2, -0.15) is 0 Å². The molecule has 6 heteroatoms. The van der Waals surface area contributed by atoms with Gasteiger partial charge in [0.05, 0.1) is 10.9 Å². The van der Waals surface area contributed by atoms with E-state index >= 15 is 0 Å². The van der Waals surface area contributed by atoms with Crippen molar-refractivity contribution in [2.24, 2.45) is 0 Å². The molecule has 1 aliphatic heterocycles. The van der Waals surface area contributed by atoms with Gasteiger partial charge in [0.1, 0.15) is 0 Å². The van der Waals surface area contributed by atoms with E-state index in [1.54, 1.807) is 18.2 Å². The van der Waals surface area contributed by atoms with Crippen LogP contribution in [0.15, 0.2) is 27.8 Å². The normalized spacial score (nSPS) is 19.4. The van der Waals surface area contributed by atoms with Crippen LogP contribution in [0.3, 0.4) is 0 Å². The van der Waals surface area contributed by atoms with Crippen molar-refractivity contribution in [3.05, 3.63) is 44.1 Å². The van der Waals surface area contributed by atoms with E-state index in [0.717, 1.165) is 25.8 Å². The minimum Gasteiger partial charge on any atom is -0.312 e. The molecule has 106 valence electrons. The van der Waals surface area contributed by atoms with E-state index in [2.05, 4.69) is 10.3 Å². The highest BCUT2D eigenvalue weighted by atomic mass is 35.5. The van der Waals surface area contributed by atoms with Gasteiger partial charge in [0.15, 0.2) is 0 Å². The van der Waals surface area contributed by atoms with Gasteiger partial charge >= 0.3 is 5.69 Å². The Morgan fingerprint density at radius 3 is 2.90 bits per heavy atom. The number of aromatic nitrogens is 2. The molecule has 0 bridgehead atoms. The predicted octanol–water partition coefficient (Wildman–Crippen LogP) is 1.49. The van der Waals surface area contributed by atoms with Crippen LogP contribution >= 0.6 is 11.6 Å². The third kappa shape index (κ3) is 2.51. The van der Waals surface area contributed by atoms with Crippen LogP contribution < -0.4 is 16.6 Å². The van der Waals surface area contributed by atoms with Crippen LogP contribution in [0.25, 0.3) is 10.9 Å². The molecule has 1 fully saturated rings. The van der Waals surface area contributed by atoms with Crippen LogP contribution in [0.2, 0.25) is 5.02 Å². The predicted molar refractivity (Wildman–Crippen MR) is 79.5 cm³/mol. The number of nitrogens with one attached hydrogen (secondary N) is 2. The summed E-state index contributed by atoms with van der Waals surface area (Å²) in [5, 5.41) is 4.34. The molecule has 1 aliphatic rings. The van der Waals surface area contributed by atoms with Gasteiger partial charge in [-0.25, -0.2) is 4.79 Å². The number of fused-ring (bicyclic) bond motifs is 1. The highest BCUT2D eigenvalue weighted by Gasteiger charge is 2.16. The lowest BCUT2D eigenvalue weighted by Crippen LogP contribution is -2.44. The van der Waals surface area contributed by atoms with Crippen molar-refractivity contribution in [1.29, 1.82) is 0 Å². The fraction of sp³-hybridized carbons (Fsp3) is 0.429. The third-order valence-corrected chi connectivity index (χ3v) is 3.99. The molecule has 0 radical (unpaired) electrons. The molecule has 1 aromatic heterocycles. The summed E-state index contributed by atoms with van der Waals surface area (Å²) in [6.45, 7) is 1.35. The highest BCUT2D eigenvalue weighted by Crippen LogP contribution is 2.13. The van der Waals surface area contributed by atoms with Gasteiger partial charge in [-0.15, -0.1) is 0 Å². The Morgan fingerprint density at radius 1 is 1.30 bits per heavy atom. The first kappa shape index (κ1) is 13.4. The fourth-order valence-electron chi connectivity index (χ4n) is 2.69. The second-order valence-electron chi connectivity index (χ2n) is 5.18. The van der Waals surface area contributed by atoms with Gasteiger partial charge in [-0.3, -0.25) is 9.36 Å². The molecule has 1 aromatic carbocycles. The summed E-state index contributed by atoms with van der Waals surface area (Å²) in [5.74, 6) is 0. The van der Waals surface area contributed by atoms with E-state index in [9.17, 15) is 9.59 Å². The first-order valence-electron chi connectivity index (χ1n) is 6.81. The maximum atomic E-state index is 12.4. The van der Waals surface area contributed by atoms with Gasteiger partial charge in [0, 0.05) is 17.6 Å². The molecule has 1 atom stereocenters. The number of piperidine rings is 1. The summed E-state index contributed by atoms with van der Waals surface area (Å²) in [6.07, 6.45) is 3.27. The monoisotopic (exact) mass is 293 g/mol. The first-order valence-corrected chi connectivity index (χ1v) is 7.19. The van der Waals surface area contributed by atoms with E-state index in [-0.39, 0.29) is 17.3 Å². The van der Waals surface area contributed by atoms with Crippen molar-refractivity contribution in [2.45, 2.75) is 31.8 Å². The highest BCUT2D eigenvalue weighted by molar-refractivity contribution is 6.31. The number of hydrogen-bond acceptors (Lipinski definition) is 3. The fourth-order valence-corrected chi connectivity index (χ4v) is 2.86. The SMILES string of the molecule is O=c1[nH]c2cc(Cl)ccc2c(=O)n1CC1CCCCN1. The Morgan fingerprint density at radius 2 is 2.15 bits per heavy atom. The molecular weight excluding hydrogens is 278 g/mol. The lowest BCUT2D eigenvalue weighted by molar-refractivity contribution is 0.355. The zero-order valence-electron chi connectivity index (χ0n) is 11.0. The number of aromatic amines is 1.